The number of nitrogens with zero attached hydrogens (tertiary/aromatic N) is 1. The van der Waals surface area contributed by atoms with Gasteiger partial charge in [-0.25, -0.2) is 0 Å². The monoisotopic (exact) mass is 266 g/mol. The van der Waals surface area contributed by atoms with Crippen molar-refractivity contribution in [1.29, 1.82) is 0 Å². The maximum Gasteiger partial charge on any atom is 0.0642 e. The van der Waals surface area contributed by atoms with E-state index in [2.05, 4.69) is 42.3 Å². The summed E-state index contributed by atoms with van der Waals surface area (Å²) in [6.07, 6.45) is 3.65. The molecule has 18 heavy (non-hydrogen) atoms. The van der Waals surface area contributed by atoms with E-state index in [1.54, 1.807) is 0 Å². The van der Waals surface area contributed by atoms with Crippen LogP contribution in [0.1, 0.15) is 31.7 Å². The first-order valence-corrected chi connectivity index (χ1v) is 7.33. The molecule has 1 aliphatic heterocycles. The molecule has 0 spiro atoms. The molecule has 100 valence electrons. The second kappa shape index (κ2) is 6.44. The van der Waals surface area contributed by atoms with Crippen molar-refractivity contribution in [1.82, 2.24) is 5.32 Å². The third-order valence-electron chi connectivity index (χ3n) is 3.56. The van der Waals surface area contributed by atoms with E-state index >= 15 is 0 Å². The van der Waals surface area contributed by atoms with Gasteiger partial charge >= 0.3 is 0 Å². The quantitative estimate of drug-likeness (QED) is 0.899. The summed E-state index contributed by atoms with van der Waals surface area (Å²) in [6, 6.07) is 6.96. The SMILES string of the molecule is CCCC1CN(c2ccc(C)cc2Cl)CCCN1. The molecular formula is C15H23ClN2. The van der Waals surface area contributed by atoms with Crippen LogP contribution in [0.25, 0.3) is 0 Å². The second-order valence-electron chi connectivity index (χ2n) is 5.19. The number of halogens is 1. The predicted molar refractivity (Wildman–Crippen MR) is 79.7 cm³/mol. The van der Waals surface area contributed by atoms with Gasteiger partial charge in [0.25, 0.3) is 0 Å². The van der Waals surface area contributed by atoms with Gasteiger partial charge in [-0.1, -0.05) is 31.0 Å². The predicted octanol–water partition coefficient (Wildman–Crippen LogP) is 3.62. The molecule has 2 nitrogen and oxygen atoms in total. The molecule has 0 aromatic heterocycles. The highest BCUT2D eigenvalue weighted by Gasteiger charge is 2.18. The van der Waals surface area contributed by atoms with Gasteiger partial charge in [0.2, 0.25) is 0 Å². The molecule has 1 heterocycles. The molecule has 1 atom stereocenters. The van der Waals surface area contributed by atoms with E-state index in [-0.39, 0.29) is 0 Å². The smallest absolute Gasteiger partial charge is 0.0642 e. The van der Waals surface area contributed by atoms with Gasteiger partial charge in [-0.2, -0.15) is 0 Å². The Balaban J connectivity index is 2.14. The third-order valence-corrected chi connectivity index (χ3v) is 3.86. The number of benzene rings is 1. The zero-order valence-electron chi connectivity index (χ0n) is 11.4. The van der Waals surface area contributed by atoms with Crippen LogP contribution < -0.4 is 10.2 Å². The minimum absolute atomic E-state index is 0.592. The van der Waals surface area contributed by atoms with Gasteiger partial charge in [0.15, 0.2) is 0 Å². The molecule has 0 saturated carbocycles. The Morgan fingerprint density at radius 2 is 2.28 bits per heavy atom. The van der Waals surface area contributed by atoms with Crippen molar-refractivity contribution in [2.24, 2.45) is 0 Å². The summed E-state index contributed by atoms with van der Waals surface area (Å²) in [5.41, 5.74) is 2.41. The normalized spacial score (nSPS) is 20.8. The highest BCUT2D eigenvalue weighted by Crippen LogP contribution is 2.28. The van der Waals surface area contributed by atoms with Gasteiger partial charge in [0.05, 0.1) is 10.7 Å². The molecule has 0 aliphatic carbocycles. The Hall–Kier alpha value is -0.730. The maximum absolute atomic E-state index is 6.38. The lowest BCUT2D eigenvalue weighted by Gasteiger charge is -2.27. The van der Waals surface area contributed by atoms with E-state index in [1.807, 2.05) is 0 Å². The Bertz CT molecular complexity index is 392. The van der Waals surface area contributed by atoms with Gasteiger partial charge in [-0.05, 0) is 44.0 Å². The molecule has 0 amide bonds. The van der Waals surface area contributed by atoms with Crippen LogP contribution in [0, 0.1) is 6.92 Å². The Kier molecular flexibility index (Phi) is 4.90. The molecule has 1 N–H and O–H groups in total. The fourth-order valence-electron chi connectivity index (χ4n) is 2.63. The van der Waals surface area contributed by atoms with Crippen molar-refractivity contribution < 1.29 is 0 Å². The van der Waals surface area contributed by atoms with Crippen LogP contribution in [0.4, 0.5) is 5.69 Å². The first kappa shape index (κ1) is 13.7. The first-order chi connectivity index (χ1) is 8.70. The van der Waals surface area contributed by atoms with Crippen LogP contribution in [0.15, 0.2) is 18.2 Å². The minimum Gasteiger partial charge on any atom is -0.369 e. The summed E-state index contributed by atoms with van der Waals surface area (Å²) in [5, 5.41) is 4.51. The van der Waals surface area contributed by atoms with Crippen LogP contribution in [-0.2, 0) is 0 Å². The molecule has 3 heteroatoms. The average molecular weight is 267 g/mol. The van der Waals surface area contributed by atoms with Gasteiger partial charge in [-0.3, -0.25) is 0 Å². The number of hydrogen-bond donors (Lipinski definition) is 1. The van der Waals surface area contributed by atoms with E-state index in [0.29, 0.717) is 6.04 Å². The van der Waals surface area contributed by atoms with Crippen LogP contribution >= 0.6 is 11.6 Å². The molecule has 0 radical (unpaired) electrons. The van der Waals surface area contributed by atoms with Crippen LogP contribution in [0.5, 0.6) is 0 Å². The van der Waals surface area contributed by atoms with Crippen molar-refractivity contribution in [3.63, 3.8) is 0 Å². The lowest BCUT2D eigenvalue weighted by atomic mass is 10.1. The summed E-state index contributed by atoms with van der Waals surface area (Å²) in [6.45, 7) is 7.60. The molecule has 2 rings (SSSR count). The van der Waals surface area contributed by atoms with Crippen LogP contribution in [0.3, 0.4) is 0 Å². The van der Waals surface area contributed by atoms with E-state index in [1.165, 1.54) is 30.5 Å². The molecule has 1 aromatic rings. The summed E-state index contributed by atoms with van der Waals surface area (Å²) >= 11 is 6.38. The summed E-state index contributed by atoms with van der Waals surface area (Å²) in [4.78, 5) is 2.43. The summed E-state index contributed by atoms with van der Waals surface area (Å²) in [7, 11) is 0. The number of nitrogens with one attached hydrogen (secondary N) is 1. The van der Waals surface area contributed by atoms with E-state index in [9.17, 15) is 0 Å². The van der Waals surface area contributed by atoms with Gasteiger partial charge in [-0.15, -0.1) is 0 Å². The van der Waals surface area contributed by atoms with Crippen molar-refractivity contribution >= 4 is 17.3 Å². The molecule has 1 fully saturated rings. The maximum atomic E-state index is 6.38. The van der Waals surface area contributed by atoms with Crippen LogP contribution in [0.2, 0.25) is 5.02 Å². The highest BCUT2D eigenvalue weighted by molar-refractivity contribution is 6.33. The lowest BCUT2D eigenvalue weighted by molar-refractivity contribution is 0.502. The molecule has 1 aromatic carbocycles. The summed E-state index contributed by atoms with van der Waals surface area (Å²) in [5.74, 6) is 0. The largest absolute Gasteiger partial charge is 0.369 e. The Morgan fingerprint density at radius 3 is 3.00 bits per heavy atom. The standard InChI is InChI=1S/C15H23ClN2/c1-3-5-13-11-18(9-4-8-17-13)15-7-6-12(2)10-14(15)16/h6-7,10,13,17H,3-5,8-9,11H2,1-2H3. The zero-order chi connectivity index (χ0) is 13.0. The van der Waals surface area contributed by atoms with Gasteiger partial charge in [0.1, 0.15) is 0 Å². The lowest BCUT2D eigenvalue weighted by Crippen LogP contribution is -2.37. The van der Waals surface area contributed by atoms with E-state index in [4.69, 9.17) is 11.6 Å². The fourth-order valence-corrected chi connectivity index (χ4v) is 2.98. The number of aryl methyl sites for hydroxylation is 1. The molecular weight excluding hydrogens is 244 g/mol. The van der Waals surface area contributed by atoms with E-state index in [0.717, 1.165) is 24.7 Å². The third kappa shape index (κ3) is 3.39. The second-order valence-corrected chi connectivity index (χ2v) is 5.60. The Labute approximate surface area is 115 Å². The highest BCUT2D eigenvalue weighted by atomic mass is 35.5. The molecule has 0 bridgehead atoms. The van der Waals surface area contributed by atoms with Crippen molar-refractivity contribution in [2.45, 2.75) is 39.2 Å². The molecule has 1 unspecified atom stereocenters. The number of hydrogen-bond acceptors (Lipinski definition) is 2. The number of anilines is 1. The van der Waals surface area contributed by atoms with Crippen molar-refractivity contribution in [3.05, 3.63) is 28.8 Å². The van der Waals surface area contributed by atoms with Crippen molar-refractivity contribution in [2.75, 3.05) is 24.5 Å². The molecule has 1 saturated heterocycles. The first-order valence-electron chi connectivity index (χ1n) is 6.95. The van der Waals surface area contributed by atoms with Crippen LogP contribution in [-0.4, -0.2) is 25.7 Å². The number of rotatable bonds is 3. The van der Waals surface area contributed by atoms with Gasteiger partial charge < -0.3 is 10.2 Å². The average Bonchev–Trinajstić information content (AvgIpc) is 2.55. The minimum atomic E-state index is 0.592. The summed E-state index contributed by atoms with van der Waals surface area (Å²) < 4.78 is 0. The topological polar surface area (TPSA) is 15.3 Å². The fraction of sp³-hybridized carbons (Fsp3) is 0.600. The zero-order valence-corrected chi connectivity index (χ0v) is 12.1. The Morgan fingerprint density at radius 1 is 1.44 bits per heavy atom. The van der Waals surface area contributed by atoms with E-state index < -0.39 is 0 Å². The van der Waals surface area contributed by atoms with Gasteiger partial charge in [0, 0.05) is 19.1 Å². The molecule has 1 aliphatic rings. The van der Waals surface area contributed by atoms with Crippen molar-refractivity contribution in [3.8, 4) is 0 Å².